The lowest BCUT2D eigenvalue weighted by atomic mass is 10.1. The average molecular weight is 358 g/mol. The third-order valence-electron chi connectivity index (χ3n) is 3.91. The van der Waals surface area contributed by atoms with Gasteiger partial charge in [-0.2, -0.15) is 5.10 Å². The molecular formula is C19H17ClFN3O. The van der Waals surface area contributed by atoms with Gasteiger partial charge in [-0.1, -0.05) is 23.7 Å². The maximum Gasteiger partial charge on any atom is 0.254 e. The van der Waals surface area contributed by atoms with E-state index in [1.54, 1.807) is 16.8 Å². The lowest BCUT2D eigenvalue weighted by molar-refractivity contribution is 0.0953. The molecule has 0 unspecified atom stereocenters. The first-order valence-electron chi connectivity index (χ1n) is 7.88. The molecule has 25 heavy (non-hydrogen) atoms. The van der Waals surface area contributed by atoms with Gasteiger partial charge in [0.25, 0.3) is 5.91 Å². The van der Waals surface area contributed by atoms with E-state index in [-0.39, 0.29) is 11.7 Å². The highest BCUT2D eigenvalue weighted by molar-refractivity contribution is 6.30. The van der Waals surface area contributed by atoms with Crippen molar-refractivity contribution in [1.29, 1.82) is 0 Å². The number of hydrogen-bond acceptors (Lipinski definition) is 2. The first-order valence-corrected chi connectivity index (χ1v) is 8.25. The summed E-state index contributed by atoms with van der Waals surface area (Å²) >= 11 is 5.95. The van der Waals surface area contributed by atoms with Crippen LogP contribution in [0.15, 0.2) is 54.7 Å². The van der Waals surface area contributed by atoms with Crippen LogP contribution < -0.4 is 5.32 Å². The van der Waals surface area contributed by atoms with Gasteiger partial charge in [-0.05, 0) is 55.3 Å². The first-order chi connectivity index (χ1) is 12.0. The molecule has 0 saturated carbocycles. The Morgan fingerprint density at radius 1 is 1.24 bits per heavy atom. The van der Waals surface area contributed by atoms with Gasteiger partial charge in [-0.3, -0.25) is 4.79 Å². The number of rotatable bonds is 5. The number of nitrogens with zero attached hydrogens (tertiary/aromatic N) is 2. The normalized spacial score (nSPS) is 10.7. The number of carbonyl (C=O) groups is 1. The molecule has 0 atom stereocenters. The zero-order valence-electron chi connectivity index (χ0n) is 13.7. The van der Waals surface area contributed by atoms with Gasteiger partial charge in [0.05, 0.1) is 23.1 Å². The van der Waals surface area contributed by atoms with Crippen molar-refractivity contribution in [2.75, 3.05) is 6.54 Å². The van der Waals surface area contributed by atoms with Gasteiger partial charge in [-0.15, -0.1) is 0 Å². The minimum absolute atomic E-state index is 0.187. The molecule has 0 bridgehead atoms. The second-order valence-electron chi connectivity index (χ2n) is 5.67. The van der Waals surface area contributed by atoms with Crippen molar-refractivity contribution in [3.05, 3.63) is 82.4 Å². The summed E-state index contributed by atoms with van der Waals surface area (Å²) in [6, 6.07) is 13.5. The third kappa shape index (κ3) is 4.06. The Morgan fingerprint density at radius 2 is 2.00 bits per heavy atom. The predicted molar refractivity (Wildman–Crippen MR) is 95.7 cm³/mol. The minimum Gasteiger partial charge on any atom is -0.352 e. The van der Waals surface area contributed by atoms with Gasteiger partial charge in [0.1, 0.15) is 5.82 Å². The second-order valence-corrected chi connectivity index (χ2v) is 6.10. The molecular weight excluding hydrogens is 341 g/mol. The summed E-state index contributed by atoms with van der Waals surface area (Å²) in [6.45, 7) is 2.31. The lowest BCUT2D eigenvalue weighted by Crippen LogP contribution is -2.26. The highest BCUT2D eigenvalue weighted by Gasteiger charge is 2.14. The molecule has 6 heteroatoms. The summed E-state index contributed by atoms with van der Waals surface area (Å²) in [5, 5.41) is 7.80. The molecule has 0 fully saturated rings. The van der Waals surface area contributed by atoms with E-state index in [0.29, 0.717) is 34.9 Å². The standard InChI is InChI=1S/C19H17ClFN3O/c1-13-18(12-23-24(13)17-7-5-16(21)6-8-17)19(25)22-10-9-14-3-2-4-15(20)11-14/h2-8,11-12H,9-10H2,1H3,(H,22,25). The van der Waals surface area contributed by atoms with E-state index in [0.717, 1.165) is 5.56 Å². The number of hydrogen-bond donors (Lipinski definition) is 1. The Balaban J connectivity index is 1.65. The molecule has 0 spiro atoms. The van der Waals surface area contributed by atoms with Crippen LogP contribution in [0.1, 0.15) is 21.6 Å². The van der Waals surface area contributed by atoms with Gasteiger partial charge in [-0.25, -0.2) is 9.07 Å². The van der Waals surface area contributed by atoms with Crippen LogP contribution in [0.4, 0.5) is 4.39 Å². The molecule has 128 valence electrons. The Hall–Kier alpha value is -2.66. The Kier molecular flexibility index (Phi) is 5.14. The summed E-state index contributed by atoms with van der Waals surface area (Å²) < 4.78 is 14.7. The third-order valence-corrected chi connectivity index (χ3v) is 4.15. The molecule has 4 nitrogen and oxygen atoms in total. The number of amides is 1. The maximum absolute atomic E-state index is 13.0. The van der Waals surface area contributed by atoms with E-state index >= 15 is 0 Å². The van der Waals surface area contributed by atoms with Gasteiger partial charge >= 0.3 is 0 Å². The molecule has 3 rings (SSSR count). The Morgan fingerprint density at radius 3 is 2.72 bits per heavy atom. The van der Waals surface area contributed by atoms with Crippen LogP contribution in [-0.4, -0.2) is 22.2 Å². The number of halogens is 2. The van der Waals surface area contributed by atoms with Crippen molar-refractivity contribution in [2.24, 2.45) is 0 Å². The van der Waals surface area contributed by atoms with Crippen LogP contribution in [0.2, 0.25) is 5.02 Å². The molecule has 0 aliphatic carbocycles. The van der Waals surface area contributed by atoms with Gasteiger partial charge in [0.15, 0.2) is 0 Å². The number of nitrogens with one attached hydrogen (secondary N) is 1. The lowest BCUT2D eigenvalue weighted by Gasteiger charge is -2.07. The maximum atomic E-state index is 13.0. The molecule has 0 aliphatic rings. The number of aromatic nitrogens is 2. The molecule has 1 heterocycles. The van der Waals surface area contributed by atoms with Crippen LogP contribution in [0.5, 0.6) is 0 Å². The van der Waals surface area contributed by atoms with Crippen molar-refractivity contribution in [2.45, 2.75) is 13.3 Å². The topological polar surface area (TPSA) is 46.9 Å². The molecule has 0 radical (unpaired) electrons. The minimum atomic E-state index is -0.312. The predicted octanol–water partition coefficient (Wildman–Crippen LogP) is 3.95. The molecule has 0 saturated heterocycles. The fraction of sp³-hybridized carbons (Fsp3) is 0.158. The Bertz CT molecular complexity index is 890. The summed E-state index contributed by atoms with van der Waals surface area (Å²) in [7, 11) is 0. The smallest absolute Gasteiger partial charge is 0.254 e. The first kappa shape index (κ1) is 17.2. The van der Waals surface area contributed by atoms with Crippen molar-refractivity contribution in [3.8, 4) is 5.69 Å². The molecule has 1 aromatic heterocycles. The van der Waals surface area contributed by atoms with Crippen molar-refractivity contribution in [3.63, 3.8) is 0 Å². The Labute approximate surface area is 150 Å². The molecule has 3 aromatic rings. The van der Waals surface area contributed by atoms with Crippen LogP contribution in [0, 0.1) is 12.7 Å². The summed E-state index contributed by atoms with van der Waals surface area (Å²) in [5.41, 5.74) is 2.96. The van der Waals surface area contributed by atoms with Crippen molar-refractivity contribution >= 4 is 17.5 Å². The van der Waals surface area contributed by atoms with Crippen molar-refractivity contribution < 1.29 is 9.18 Å². The fourth-order valence-corrected chi connectivity index (χ4v) is 2.80. The highest BCUT2D eigenvalue weighted by atomic mass is 35.5. The molecule has 0 aliphatic heterocycles. The van der Waals surface area contributed by atoms with Crippen molar-refractivity contribution in [1.82, 2.24) is 15.1 Å². The summed E-state index contributed by atoms with van der Waals surface area (Å²) in [5.74, 6) is -0.500. The SMILES string of the molecule is Cc1c(C(=O)NCCc2cccc(Cl)c2)cnn1-c1ccc(F)cc1. The average Bonchev–Trinajstić information content (AvgIpc) is 2.97. The largest absolute Gasteiger partial charge is 0.352 e. The summed E-state index contributed by atoms with van der Waals surface area (Å²) in [4.78, 5) is 12.4. The highest BCUT2D eigenvalue weighted by Crippen LogP contribution is 2.15. The number of carbonyl (C=O) groups excluding carboxylic acids is 1. The molecule has 1 N–H and O–H groups in total. The zero-order chi connectivity index (χ0) is 17.8. The molecule has 2 aromatic carbocycles. The monoisotopic (exact) mass is 357 g/mol. The van der Waals surface area contributed by atoms with Gasteiger partial charge in [0, 0.05) is 11.6 Å². The van der Waals surface area contributed by atoms with Crippen LogP contribution in [0.3, 0.4) is 0 Å². The van der Waals surface area contributed by atoms with E-state index in [1.165, 1.54) is 18.3 Å². The van der Waals surface area contributed by atoms with Gasteiger partial charge in [0.2, 0.25) is 0 Å². The van der Waals surface area contributed by atoms with E-state index in [9.17, 15) is 9.18 Å². The van der Waals surface area contributed by atoms with E-state index in [4.69, 9.17) is 11.6 Å². The van der Waals surface area contributed by atoms with Gasteiger partial charge < -0.3 is 5.32 Å². The van der Waals surface area contributed by atoms with Crippen LogP contribution >= 0.6 is 11.6 Å². The van der Waals surface area contributed by atoms with E-state index < -0.39 is 0 Å². The summed E-state index contributed by atoms with van der Waals surface area (Å²) in [6.07, 6.45) is 2.21. The van der Waals surface area contributed by atoms with E-state index in [1.807, 2.05) is 31.2 Å². The second kappa shape index (κ2) is 7.49. The number of benzene rings is 2. The van der Waals surface area contributed by atoms with Crippen LogP contribution in [0.25, 0.3) is 5.69 Å². The van der Waals surface area contributed by atoms with E-state index in [2.05, 4.69) is 10.4 Å². The van der Waals surface area contributed by atoms with Crippen LogP contribution in [-0.2, 0) is 6.42 Å². The zero-order valence-corrected chi connectivity index (χ0v) is 14.4. The fourth-order valence-electron chi connectivity index (χ4n) is 2.58. The molecule has 1 amide bonds. The quantitative estimate of drug-likeness (QED) is 0.751.